The number of hydrogen-bond donors (Lipinski definition) is 1. The van der Waals surface area contributed by atoms with Crippen LogP contribution in [0.2, 0.25) is 0 Å². The van der Waals surface area contributed by atoms with Crippen LogP contribution in [-0.2, 0) is 13.1 Å². The Morgan fingerprint density at radius 3 is 2.58 bits per heavy atom. The van der Waals surface area contributed by atoms with E-state index >= 15 is 0 Å². The number of ether oxygens (including phenoxy) is 3. The first-order chi connectivity index (χ1) is 12.6. The van der Waals surface area contributed by atoms with Crippen molar-refractivity contribution >= 4 is 5.96 Å². The molecule has 0 atom stereocenters. The van der Waals surface area contributed by atoms with Crippen molar-refractivity contribution in [1.82, 2.24) is 15.2 Å². The van der Waals surface area contributed by atoms with E-state index in [1.807, 2.05) is 48.3 Å². The second kappa shape index (κ2) is 9.50. The minimum absolute atomic E-state index is 0.550. The molecule has 0 aliphatic heterocycles. The normalized spacial score (nSPS) is 11.0. The van der Waals surface area contributed by atoms with Gasteiger partial charge in [0.15, 0.2) is 5.96 Å². The van der Waals surface area contributed by atoms with Crippen LogP contribution >= 0.6 is 0 Å². The number of pyridine rings is 1. The highest BCUT2D eigenvalue weighted by Crippen LogP contribution is 2.25. The highest BCUT2D eigenvalue weighted by molar-refractivity contribution is 5.79. The lowest BCUT2D eigenvalue weighted by Gasteiger charge is -2.23. The van der Waals surface area contributed by atoms with Gasteiger partial charge in [-0.3, -0.25) is 4.99 Å². The second-order valence-corrected chi connectivity index (χ2v) is 5.61. The van der Waals surface area contributed by atoms with Gasteiger partial charge in [0.1, 0.15) is 11.5 Å². The quantitative estimate of drug-likeness (QED) is 0.605. The first kappa shape index (κ1) is 19.4. The predicted molar refractivity (Wildman–Crippen MR) is 102 cm³/mol. The van der Waals surface area contributed by atoms with Crippen LogP contribution in [0, 0.1) is 0 Å². The summed E-state index contributed by atoms with van der Waals surface area (Å²) in [4.78, 5) is 10.8. The molecule has 7 nitrogen and oxygen atoms in total. The molecule has 0 saturated carbocycles. The number of guanidine groups is 1. The summed E-state index contributed by atoms with van der Waals surface area (Å²) in [6.07, 6.45) is 0. The highest BCUT2D eigenvalue weighted by Gasteiger charge is 2.11. The zero-order chi connectivity index (χ0) is 18.9. The Morgan fingerprint density at radius 2 is 1.92 bits per heavy atom. The van der Waals surface area contributed by atoms with E-state index < -0.39 is 0 Å². The van der Waals surface area contributed by atoms with Crippen molar-refractivity contribution in [2.45, 2.75) is 13.1 Å². The van der Waals surface area contributed by atoms with Gasteiger partial charge in [0, 0.05) is 38.3 Å². The lowest BCUT2D eigenvalue weighted by atomic mass is 10.2. The van der Waals surface area contributed by atoms with Gasteiger partial charge in [0.05, 0.1) is 33.6 Å². The number of nitrogens with zero attached hydrogens (tertiary/aromatic N) is 3. The maximum atomic E-state index is 5.47. The van der Waals surface area contributed by atoms with E-state index in [0.29, 0.717) is 19.0 Å². The lowest BCUT2D eigenvalue weighted by molar-refractivity contribution is 0.382. The average Bonchev–Trinajstić information content (AvgIpc) is 2.68. The Morgan fingerprint density at radius 1 is 1.12 bits per heavy atom. The molecular formula is C19H26N4O3. The fourth-order valence-electron chi connectivity index (χ4n) is 2.54. The summed E-state index contributed by atoms with van der Waals surface area (Å²) >= 11 is 0. The zero-order valence-electron chi connectivity index (χ0n) is 15.9. The molecule has 2 rings (SSSR count). The largest absolute Gasteiger partial charge is 0.497 e. The summed E-state index contributed by atoms with van der Waals surface area (Å²) in [5.41, 5.74) is 1.92. The molecule has 140 valence electrons. The minimum Gasteiger partial charge on any atom is -0.497 e. The Bertz CT molecular complexity index is 749. The monoisotopic (exact) mass is 358 g/mol. The topological polar surface area (TPSA) is 68.2 Å². The van der Waals surface area contributed by atoms with E-state index in [1.165, 1.54) is 0 Å². The van der Waals surface area contributed by atoms with E-state index in [9.17, 15) is 0 Å². The van der Waals surface area contributed by atoms with Crippen LogP contribution < -0.4 is 19.5 Å². The number of rotatable bonds is 7. The van der Waals surface area contributed by atoms with Crippen molar-refractivity contribution in [3.8, 4) is 17.4 Å². The molecule has 1 aromatic carbocycles. The summed E-state index contributed by atoms with van der Waals surface area (Å²) in [5, 5.41) is 3.31. The third-order valence-corrected chi connectivity index (χ3v) is 3.89. The molecule has 0 aliphatic carbocycles. The maximum absolute atomic E-state index is 5.47. The average molecular weight is 358 g/mol. The number of aromatic nitrogens is 1. The van der Waals surface area contributed by atoms with Crippen LogP contribution in [0.25, 0.3) is 0 Å². The van der Waals surface area contributed by atoms with Gasteiger partial charge in [-0.2, -0.15) is 0 Å². The van der Waals surface area contributed by atoms with Gasteiger partial charge < -0.3 is 24.4 Å². The second-order valence-electron chi connectivity index (χ2n) is 5.61. The Hall–Kier alpha value is -2.96. The summed E-state index contributed by atoms with van der Waals surface area (Å²) in [6.45, 7) is 1.19. The van der Waals surface area contributed by atoms with Crippen molar-refractivity contribution in [3.63, 3.8) is 0 Å². The smallest absolute Gasteiger partial charge is 0.213 e. The molecule has 7 heteroatoms. The van der Waals surface area contributed by atoms with Crippen LogP contribution in [0.3, 0.4) is 0 Å². The Labute approximate surface area is 154 Å². The summed E-state index contributed by atoms with van der Waals surface area (Å²) in [6, 6.07) is 11.5. The van der Waals surface area contributed by atoms with Gasteiger partial charge in [0.2, 0.25) is 5.88 Å². The molecule has 2 aromatic rings. The minimum atomic E-state index is 0.550. The van der Waals surface area contributed by atoms with Crippen molar-refractivity contribution in [2.75, 3.05) is 35.4 Å². The van der Waals surface area contributed by atoms with E-state index in [2.05, 4.69) is 15.3 Å². The van der Waals surface area contributed by atoms with Crippen molar-refractivity contribution in [2.24, 2.45) is 4.99 Å². The number of nitrogens with one attached hydrogen (secondary N) is 1. The van der Waals surface area contributed by atoms with Gasteiger partial charge in [-0.05, 0) is 18.2 Å². The van der Waals surface area contributed by atoms with Gasteiger partial charge in [-0.15, -0.1) is 0 Å². The molecule has 0 amide bonds. The fraction of sp³-hybridized carbons (Fsp3) is 0.368. The molecule has 0 unspecified atom stereocenters. The molecule has 0 saturated heterocycles. The Balaban J connectivity index is 2.03. The van der Waals surface area contributed by atoms with Gasteiger partial charge in [-0.25, -0.2) is 4.98 Å². The van der Waals surface area contributed by atoms with Crippen molar-refractivity contribution in [1.29, 1.82) is 0 Å². The van der Waals surface area contributed by atoms with Gasteiger partial charge in [0.25, 0.3) is 0 Å². The first-order valence-corrected chi connectivity index (χ1v) is 8.23. The van der Waals surface area contributed by atoms with Gasteiger partial charge >= 0.3 is 0 Å². The molecule has 1 heterocycles. The van der Waals surface area contributed by atoms with Crippen LogP contribution in [-0.4, -0.2) is 51.3 Å². The number of aliphatic imine (C=N–C) groups is 1. The third-order valence-electron chi connectivity index (χ3n) is 3.89. The summed E-state index contributed by atoms with van der Waals surface area (Å²) < 4.78 is 15.9. The summed E-state index contributed by atoms with van der Waals surface area (Å²) in [5.74, 6) is 2.89. The molecular weight excluding hydrogens is 332 g/mol. The highest BCUT2D eigenvalue weighted by atomic mass is 16.5. The summed E-state index contributed by atoms with van der Waals surface area (Å²) in [7, 11) is 8.62. The van der Waals surface area contributed by atoms with E-state index in [0.717, 1.165) is 28.7 Å². The van der Waals surface area contributed by atoms with Crippen molar-refractivity contribution in [3.05, 3.63) is 47.7 Å². The number of methoxy groups -OCH3 is 3. The van der Waals surface area contributed by atoms with E-state index in [1.54, 1.807) is 28.4 Å². The van der Waals surface area contributed by atoms with Crippen LogP contribution in [0.5, 0.6) is 17.4 Å². The molecule has 0 fully saturated rings. The SMILES string of the molecule is CN=C(NCc1cccc(OC)n1)N(C)Cc1ccc(OC)cc1OC. The third kappa shape index (κ3) is 5.02. The molecule has 0 radical (unpaired) electrons. The molecule has 26 heavy (non-hydrogen) atoms. The maximum Gasteiger partial charge on any atom is 0.213 e. The first-order valence-electron chi connectivity index (χ1n) is 8.23. The molecule has 1 aromatic heterocycles. The molecule has 1 N–H and O–H groups in total. The molecule has 0 spiro atoms. The zero-order valence-corrected chi connectivity index (χ0v) is 15.9. The standard InChI is InChI=1S/C19H26N4O3/c1-20-19(21-12-15-7-6-8-18(22-15)26-5)23(2)13-14-9-10-16(24-3)11-17(14)25-4/h6-11H,12-13H2,1-5H3,(H,20,21). The van der Waals surface area contributed by atoms with Crippen LogP contribution in [0.15, 0.2) is 41.4 Å². The lowest BCUT2D eigenvalue weighted by Crippen LogP contribution is -2.38. The molecule has 0 bridgehead atoms. The fourth-order valence-corrected chi connectivity index (χ4v) is 2.54. The van der Waals surface area contributed by atoms with Crippen LogP contribution in [0.4, 0.5) is 0 Å². The van der Waals surface area contributed by atoms with E-state index in [-0.39, 0.29) is 0 Å². The van der Waals surface area contributed by atoms with Crippen molar-refractivity contribution < 1.29 is 14.2 Å². The Kier molecular flexibility index (Phi) is 7.08. The van der Waals surface area contributed by atoms with Crippen LogP contribution in [0.1, 0.15) is 11.3 Å². The van der Waals surface area contributed by atoms with Gasteiger partial charge in [-0.1, -0.05) is 6.07 Å². The molecule has 0 aliphatic rings. The van der Waals surface area contributed by atoms with E-state index in [4.69, 9.17) is 14.2 Å². The number of benzene rings is 1. The number of hydrogen-bond acceptors (Lipinski definition) is 5. The predicted octanol–water partition coefficient (Wildman–Crippen LogP) is 2.31.